The number of thioether (sulfide) groups is 1. The minimum atomic E-state index is -0.0750. The van der Waals surface area contributed by atoms with E-state index in [9.17, 15) is 4.79 Å². The number of unbranched alkanes of at least 4 members (excludes halogenated alkanes) is 1. The van der Waals surface area contributed by atoms with Crippen molar-refractivity contribution in [1.29, 1.82) is 0 Å². The molecule has 0 aliphatic carbocycles. The number of hydrogen-bond donors (Lipinski definition) is 2. The number of benzene rings is 1. The van der Waals surface area contributed by atoms with Crippen LogP contribution in [-0.4, -0.2) is 26.5 Å². The molecule has 0 bridgehead atoms. The molecule has 1 heterocycles. The van der Waals surface area contributed by atoms with Gasteiger partial charge in [-0.2, -0.15) is 0 Å². The normalized spacial score (nSPS) is 10.7. The number of hydrogen-bond acceptors (Lipinski definition) is 5. The molecule has 0 aliphatic heterocycles. The predicted molar refractivity (Wildman–Crippen MR) is 94.0 cm³/mol. The lowest BCUT2D eigenvalue weighted by atomic mass is 10.1. The summed E-state index contributed by atoms with van der Waals surface area (Å²) in [4.78, 5) is 12.1. The highest BCUT2D eigenvalue weighted by Gasteiger charge is 2.12. The first-order chi connectivity index (χ1) is 11.2. The fourth-order valence-corrected chi connectivity index (χ4v) is 2.85. The fourth-order valence-electron chi connectivity index (χ4n) is 2.18. The van der Waals surface area contributed by atoms with Gasteiger partial charge in [0.1, 0.15) is 0 Å². The van der Waals surface area contributed by atoms with Crippen molar-refractivity contribution < 1.29 is 4.79 Å². The maximum atomic E-state index is 12.1. The van der Waals surface area contributed by atoms with Gasteiger partial charge in [0, 0.05) is 12.1 Å². The maximum absolute atomic E-state index is 12.1. The smallest absolute Gasteiger partial charge is 0.234 e. The molecule has 0 atom stereocenters. The molecule has 3 N–H and O–H groups in total. The van der Waals surface area contributed by atoms with Gasteiger partial charge in [0.15, 0.2) is 5.82 Å². The summed E-state index contributed by atoms with van der Waals surface area (Å²) < 4.78 is 1.48. The Labute approximate surface area is 140 Å². The number of para-hydroxylation sites is 1. The first-order valence-corrected chi connectivity index (χ1v) is 8.84. The van der Waals surface area contributed by atoms with Gasteiger partial charge in [0.05, 0.1) is 5.75 Å². The molecular weight excluding hydrogens is 310 g/mol. The number of carbonyl (C=O) groups excluding carboxylic acids is 1. The molecule has 0 saturated carbocycles. The van der Waals surface area contributed by atoms with Gasteiger partial charge in [0.2, 0.25) is 11.1 Å². The fraction of sp³-hybridized carbons (Fsp3) is 0.438. The van der Waals surface area contributed by atoms with Crippen LogP contribution >= 0.6 is 11.8 Å². The molecular formula is C16H23N5OS. The molecule has 0 fully saturated rings. The number of rotatable bonds is 8. The van der Waals surface area contributed by atoms with Gasteiger partial charge in [-0.1, -0.05) is 50.2 Å². The lowest BCUT2D eigenvalue weighted by molar-refractivity contribution is -0.113. The van der Waals surface area contributed by atoms with E-state index in [1.54, 1.807) is 0 Å². The van der Waals surface area contributed by atoms with Gasteiger partial charge in [0.25, 0.3) is 0 Å². The van der Waals surface area contributed by atoms with Crippen LogP contribution in [0.5, 0.6) is 0 Å². The van der Waals surface area contributed by atoms with Crippen molar-refractivity contribution in [2.75, 3.05) is 16.9 Å². The number of aryl methyl sites for hydroxylation is 2. The van der Waals surface area contributed by atoms with Crippen LogP contribution in [0.4, 0.5) is 5.69 Å². The van der Waals surface area contributed by atoms with E-state index < -0.39 is 0 Å². The molecule has 2 aromatic rings. The zero-order valence-corrected chi connectivity index (χ0v) is 14.4. The molecule has 0 spiro atoms. The van der Waals surface area contributed by atoms with Crippen LogP contribution in [0.1, 0.15) is 38.1 Å². The van der Waals surface area contributed by atoms with Gasteiger partial charge >= 0.3 is 0 Å². The summed E-state index contributed by atoms with van der Waals surface area (Å²) in [5, 5.41) is 11.6. The van der Waals surface area contributed by atoms with E-state index in [4.69, 9.17) is 5.84 Å². The Bertz CT molecular complexity index is 656. The number of anilines is 1. The summed E-state index contributed by atoms with van der Waals surface area (Å²) >= 11 is 1.29. The third kappa shape index (κ3) is 4.72. The average molecular weight is 333 g/mol. The van der Waals surface area contributed by atoms with Gasteiger partial charge in [-0.15, -0.1) is 10.2 Å². The summed E-state index contributed by atoms with van der Waals surface area (Å²) in [7, 11) is 0. The van der Waals surface area contributed by atoms with Crippen LogP contribution in [0.3, 0.4) is 0 Å². The second-order valence-electron chi connectivity index (χ2n) is 5.22. The van der Waals surface area contributed by atoms with Crippen molar-refractivity contribution in [2.24, 2.45) is 0 Å². The third-order valence-electron chi connectivity index (χ3n) is 3.49. The second-order valence-corrected chi connectivity index (χ2v) is 6.16. The van der Waals surface area contributed by atoms with Crippen LogP contribution in [0.15, 0.2) is 29.4 Å². The van der Waals surface area contributed by atoms with E-state index in [2.05, 4.69) is 29.4 Å². The molecule has 0 unspecified atom stereocenters. The standard InChI is InChI=1S/C16H23N5OS/c1-3-5-10-14-19-20-16(21(14)17)23-11-15(22)18-13-9-7-6-8-12(13)4-2/h6-9H,3-5,10-11,17H2,1-2H3,(H,18,22). The van der Waals surface area contributed by atoms with Gasteiger partial charge in [-0.05, 0) is 24.5 Å². The third-order valence-corrected chi connectivity index (χ3v) is 4.44. The van der Waals surface area contributed by atoms with E-state index in [-0.39, 0.29) is 11.7 Å². The molecule has 1 amide bonds. The molecule has 0 radical (unpaired) electrons. The van der Waals surface area contributed by atoms with Crippen LogP contribution in [0.2, 0.25) is 0 Å². The maximum Gasteiger partial charge on any atom is 0.234 e. The van der Waals surface area contributed by atoms with E-state index >= 15 is 0 Å². The Morgan fingerprint density at radius 1 is 1.30 bits per heavy atom. The Balaban J connectivity index is 1.90. The van der Waals surface area contributed by atoms with Crippen molar-refractivity contribution in [3.8, 4) is 0 Å². The summed E-state index contributed by atoms with van der Waals surface area (Å²) in [6.07, 6.45) is 3.78. The highest BCUT2D eigenvalue weighted by atomic mass is 32.2. The summed E-state index contributed by atoms with van der Waals surface area (Å²) in [6, 6.07) is 7.81. The molecule has 2 rings (SSSR count). The summed E-state index contributed by atoms with van der Waals surface area (Å²) in [5.74, 6) is 6.90. The summed E-state index contributed by atoms with van der Waals surface area (Å²) in [5.41, 5.74) is 1.98. The van der Waals surface area contributed by atoms with Crippen LogP contribution in [0, 0.1) is 0 Å². The SMILES string of the molecule is CCCCc1nnc(SCC(=O)Nc2ccccc2CC)n1N. The predicted octanol–water partition coefficient (Wildman–Crippen LogP) is 2.63. The Hall–Kier alpha value is -2.02. The van der Waals surface area contributed by atoms with E-state index in [1.165, 1.54) is 16.4 Å². The molecule has 23 heavy (non-hydrogen) atoms. The highest BCUT2D eigenvalue weighted by molar-refractivity contribution is 7.99. The Morgan fingerprint density at radius 2 is 2.09 bits per heavy atom. The van der Waals surface area contributed by atoms with Crippen molar-refractivity contribution in [2.45, 2.75) is 44.7 Å². The Kier molecular flexibility index (Phi) is 6.46. The number of nitrogens with one attached hydrogen (secondary N) is 1. The summed E-state index contributed by atoms with van der Waals surface area (Å²) in [6.45, 7) is 4.18. The first kappa shape index (κ1) is 17.3. The van der Waals surface area contributed by atoms with E-state index in [1.807, 2.05) is 24.3 Å². The molecule has 1 aromatic heterocycles. The van der Waals surface area contributed by atoms with Gasteiger partial charge in [-0.25, -0.2) is 4.68 Å². The molecule has 1 aromatic carbocycles. The van der Waals surface area contributed by atoms with E-state index in [0.29, 0.717) is 5.16 Å². The van der Waals surface area contributed by atoms with Crippen LogP contribution in [0.25, 0.3) is 0 Å². The van der Waals surface area contributed by atoms with Crippen molar-refractivity contribution in [3.63, 3.8) is 0 Å². The largest absolute Gasteiger partial charge is 0.336 e. The zero-order valence-electron chi connectivity index (χ0n) is 13.6. The van der Waals surface area contributed by atoms with Crippen molar-refractivity contribution in [1.82, 2.24) is 14.9 Å². The molecule has 0 saturated heterocycles. The number of nitrogens with two attached hydrogens (primary N) is 1. The van der Waals surface area contributed by atoms with Crippen LogP contribution in [-0.2, 0) is 17.6 Å². The Morgan fingerprint density at radius 3 is 2.83 bits per heavy atom. The van der Waals surface area contributed by atoms with Crippen molar-refractivity contribution in [3.05, 3.63) is 35.7 Å². The topological polar surface area (TPSA) is 85.8 Å². The minimum absolute atomic E-state index is 0.0750. The minimum Gasteiger partial charge on any atom is -0.336 e. The van der Waals surface area contributed by atoms with E-state index in [0.717, 1.165) is 42.8 Å². The number of nitrogens with zero attached hydrogens (tertiary/aromatic N) is 3. The number of nitrogen functional groups attached to an aromatic ring is 1. The number of carbonyl (C=O) groups is 1. The van der Waals surface area contributed by atoms with Gasteiger partial charge < -0.3 is 11.2 Å². The van der Waals surface area contributed by atoms with Crippen LogP contribution < -0.4 is 11.2 Å². The molecule has 7 heteroatoms. The number of aromatic nitrogens is 3. The molecule has 6 nitrogen and oxygen atoms in total. The lowest BCUT2D eigenvalue weighted by Crippen LogP contribution is -2.17. The first-order valence-electron chi connectivity index (χ1n) is 7.85. The quantitative estimate of drug-likeness (QED) is 0.573. The second kappa shape index (κ2) is 8.57. The molecule has 124 valence electrons. The average Bonchev–Trinajstić information content (AvgIpc) is 2.91. The monoisotopic (exact) mass is 333 g/mol. The number of amides is 1. The zero-order chi connectivity index (χ0) is 16.7. The molecule has 0 aliphatic rings. The van der Waals surface area contributed by atoms with Crippen molar-refractivity contribution >= 4 is 23.4 Å². The lowest BCUT2D eigenvalue weighted by Gasteiger charge is -2.09. The highest BCUT2D eigenvalue weighted by Crippen LogP contribution is 2.18. The van der Waals surface area contributed by atoms with Gasteiger partial charge in [-0.3, -0.25) is 4.79 Å².